The van der Waals surface area contributed by atoms with Crippen molar-refractivity contribution in [1.82, 2.24) is 5.32 Å². The maximum Gasteiger partial charge on any atom is 0.120 e. The molecule has 4 rings (SSSR count). The molecule has 1 unspecified atom stereocenters. The van der Waals surface area contributed by atoms with Crippen molar-refractivity contribution >= 4 is 16.5 Å². The van der Waals surface area contributed by atoms with Gasteiger partial charge in [0.2, 0.25) is 0 Å². The Balaban J connectivity index is 1.81. The highest BCUT2D eigenvalue weighted by atomic mass is 16.3. The molecule has 0 saturated carbocycles. The summed E-state index contributed by atoms with van der Waals surface area (Å²) in [5, 5.41) is 16.3. The lowest BCUT2D eigenvalue weighted by Crippen LogP contribution is -2.45. The minimum Gasteiger partial charge on any atom is -0.508 e. The predicted molar refractivity (Wildman–Crippen MR) is 103 cm³/mol. The van der Waals surface area contributed by atoms with Gasteiger partial charge in [0.05, 0.1) is 0 Å². The van der Waals surface area contributed by atoms with Gasteiger partial charge in [-0.15, -0.1) is 0 Å². The Morgan fingerprint density at radius 3 is 2.52 bits per heavy atom. The summed E-state index contributed by atoms with van der Waals surface area (Å²) in [6.45, 7) is 4.15. The first-order chi connectivity index (χ1) is 12.0. The van der Waals surface area contributed by atoms with Crippen LogP contribution in [0, 0.1) is 0 Å². The highest BCUT2D eigenvalue weighted by Gasteiger charge is 2.31. The zero-order valence-corrected chi connectivity index (χ0v) is 14.5. The van der Waals surface area contributed by atoms with E-state index in [0.717, 1.165) is 17.7 Å². The molecule has 0 saturated heterocycles. The lowest BCUT2D eigenvalue weighted by atomic mass is 9.90. The maximum atomic E-state index is 10.3. The van der Waals surface area contributed by atoms with Crippen LogP contribution in [0.4, 0.5) is 0 Å². The van der Waals surface area contributed by atoms with Gasteiger partial charge in [-0.2, -0.15) is 0 Å². The third-order valence-corrected chi connectivity index (χ3v) is 4.75. The van der Waals surface area contributed by atoms with Crippen LogP contribution in [-0.4, -0.2) is 16.5 Å². The number of nitrogens with one attached hydrogen (secondary N) is 1. The summed E-state index contributed by atoms with van der Waals surface area (Å²) in [5.41, 5.74) is 2.78. The molecule has 0 aliphatic carbocycles. The molecule has 0 spiro atoms. The number of benzene rings is 3. The average molecular weight is 330 g/mol. The van der Waals surface area contributed by atoms with E-state index in [1.54, 1.807) is 6.07 Å². The van der Waals surface area contributed by atoms with Crippen molar-refractivity contribution in [1.29, 1.82) is 0 Å². The van der Waals surface area contributed by atoms with Crippen LogP contribution >= 0.6 is 0 Å². The number of hydrogen-bond donors (Lipinski definition) is 2. The number of para-hydroxylation sites is 1. The first-order valence-corrected chi connectivity index (χ1v) is 8.66. The second kappa shape index (κ2) is 6.01. The van der Waals surface area contributed by atoms with E-state index in [4.69, 9.17) is 4.99 Å². The summed E-state index contributed by atoms with van der Waals surface area (Å²) in [4.78, 5) is 4.96. The molecule has 0 radical (unpaired) electrons. The van der Waals surface area contributed by atoms with Gasteiger partial charge in [-0.3, -0.25) is 10.3 Å². The number of phenols is 1. The van der Waals surface area contributed by atoms with Gasteiger partial charge in [0.15, 0.2) is 0 Å². The standard InChI is InChI=1S/C22H22N2O/c1-22(2)23-19(14-20(24-22)18-11-5-6-13-21(18)25)17-12-7-9-15-8-3-4-10-16(15)17/h3-13,20,24-25H,14H2,1-2H3. The van der Waals surface area contributed by atoms with Crippen LogP contribution in [0.1, 0.15) is 37.4 Å². The van der Waals surface area contributed by atoms with Crippen molar-refractivity contribution in [3.8, 4) is 5.75 Å². The molecule has 126 valence electrons. The SMILES string of the molecule is CC1(C)N=C(c2cccc3ccccc23)CC(c2ccccc2O)N1. The normalized spacial score (nSPS) is 19.6. The van der Waals surface area contributed by atoms with Crippen LogP contribution in [0.2, 0.25) is 0 Å². The van der Waals surface area contributed by atoms with E-state index in [2.05, 4.69) is 61.6 Å². The van der Waals surface area contributed by atoms with Crippen molar-refractivity contribution in [2.45, 2.75) is 32.0 Å². The smallest absolute Gasteiger partial charge is 0.120 e. The van der Waals surface area contributed by atoms with Crippen molar-refractivity contribution in [3.63, 3.8) is 0 Å². The summed E-state index contributed by atoms with van der Waals surface area (Å²) in [7, 11) is 0. The van der Waals surface area contributed by atoms with Gasteiger partial charge in [0, 0.05) is 29.3 Å². The Kier molecular flexibility index (Phi) is 3.81. The minimum absolute atomic E-state index is 0.0302. The van der Waals surface area contributed by atoms with Crippen LogP contribution in [-0.2, 0) is 0 Å². The second-order valence-electron chi connectivity index (χ2n) is 7.10. The zero-order chi connectivity index (χ0) is 17.4. The number of rotatable bonds is 2. The molecule has 3 nitrogen and oxygen atoms in total. The molecule has 3 aromatic rings. The highest BCUT2D eigenvalue weighted by molar-refractivity contribution is 6.11. The van der Waals surface area contributed by atoms with E-state index in [1.807, 2.05) is 18.2 Å². The molecule has 0 aromatic heterocycles. The first kappa shape index (κ1) is 15.9. The Morgan fingerprint density at radius 2 is 1.68 bits per heavy atom. The molecule has 0 bridgehead atoms. The summed E-state index contributed by atoms with van der Waals surface area (Å²) in [6.07, 6.45) is 0.745. The molecule has 2 N–H and O–H groups in total. The fourth-order valence-electron chi connectivity index (χ4n) is 3.70. The molecule has 1 aliphatic rings. The second-order valence-corrected chi connectivity index (χ2v) is 7.10. The monoisotopic (exact) mass is 330 g/mol. The van der Waals surface area contributed by atoms with Crippen LogP contribution in [0.25, 0.3) is 10.8 Å². The van der Waals surface area contributed by atoms with E-state index in [-0.39, 0.29) is 6.04 Å². The third-order valence-electron chi connectivity index (χ3n) is 4.75. The first-order valence-electron chi connectivity index (χ1n) is 8.66. The minimum atomic E-state index is -0.391. The van der Waals surface area contributed by atoms with Crippen LogP contribution in [0.3, 0.4) is 0 Å². The molecule has 1 atom stereocenters. The molecule has 0 fully saturated rings. The fraction of sp³-hybridized carbons (Fsp3) is 0.227. The lowest BCUT2D eigenvalue weighted by molar-refractivity contribution is 0.328. The number of phenolic OH excluding ortho intramolecular Hbond substituents is 1. The van der Waals surface area contributed by atoms with Crippen molar-refractivity contribution < 1.29 is 5.11 Å². The topological polar surface area (TPSA) is 44.6 Å². The van der Waals surface area contributed by atoms with E-state index >= 15 is 0 Å². The molecular weight excluding hydrogens is 308 g/mol. The third kappa shape index (κ3) is 3.03. The van der Waals surface area contributed by atoms with E-state index in [9.17, 15) is 5.11 Å². The van der Waals surface area contributed by atoms with Gasteiger partial charge in [-0.1, -0.05) is 60.7 Å². The zero-order valence-electron chi connectivity index (χ0n) is 14.5. The number of fused-ring (bicyclic) bond motifs is 1. The maximum absolute atomic E-state index is 10.3. The number of hydrogen-bond acceptors (Lipinski definition) is 3. The summed E-state index contributed by atoms with van der Waals surface area (Å²) < 4.78 is 0. The van der Waals surface area contributed by atoms with E-state index < -0.39 is 5.66 Å². The van der Waals surface area contributed by atoms with Gasteiger partial charge < -0.3 is 5.11 Å². The van der Waals surface area contributed by atoms with Crippen molar-refractivity contribution in [2.75, 3.05) is 0 Å². The summed E-state index contributed by atoms with van der Waals surface area (Å²) >= 11 is 0. The molecular formula is C22H22N2O. The number of nitrogens with zero attached hydrogens (tertiary/aromatic N) is 1. The van der Waals surface area contributed by atoms with E-state index in [0.29, 0.717) is 5.75 Å². The van der Waals surface area contributed by atoms with Crippen LogP contribution < -0.4 is 5.32 Å². The summed E-state index contributed by atoms with van der Waals surface area (Å²) in [5.74, 6) is 0.329. The molecule has 25 heavy (non-hydrogen) atoms. The Bertz CT molecular complexity index is 954. The van der Waals surface area contributed by atoms with Crippen LogP contribution in [0.15, 0.2) is 71.7 Å². The Labute approximate surface area is 148 Å². The molecule has 1 aliphatic heterocycles. The average Bonchev–Trinajstić information content (AvgIpc) is 2.60. The van der Waals surface area contributed by atoms with Gasteiger partial charge in [0.1, 0.15) is 11.4 Å². The number of aromatic hydroxyl groups is 1. The Hall–Kier alpha value is -2.65. The largest absolute Gasteiger partial charge is 0.508 e. The van der Waals surface area contributed by atoms with Gasteiger partial charge in [0.25, 0.3) is 0 Å². The molecule has 3 aromatic carbocycles. The quantitative estimate of drug-likeness (QED) is 0.708. The Morgan fingerprint density at radius 1 is 0.960 bits per heavy atom. The predicted octanol–water partition coefficient (Wildman–Crippen LogP) is 4.81. The van der Waals surface area contributed by atoms with Crippen molar-refractivity contribution in [2.24, 2.45) is 4.99 Å². The highest BCUT2D eigenvalue weighted by Crippen LogP contribution is 2.34. The van der Waals surface area contributed by atoms with Gasteiger partial charge >= 0.3 is 0 Å². The van der Waals surface area contributed by atoms with Crippen LogP contribution in [0.5, 0.6) is 5.75 Å². The summed E-state index contributed by atoms with van der Waals surface area (Å²) in [6, 6.07) is 22.3. The van der Waals surface area contributed by atoms with E-state index in [1.165, 1.54) is 16.3 Å². The lowest BCUT2D eigenvalue weighted by Gasteiger charge is -2.35. The molecule has 0 amide bonds. The molecule has 3 heteroatoms. The van der Waals surface area contributed by atoms with Gasteiger partial charge in [-0.25, -0.2) is 0 Å². The van der Waals surface area contributed by atoms with Gasteiger partial charge in [-0.05, 0) is 30.7 Å². The van der Waals surface area contributed by atoms with Crippen molar-refractivity contribution in [3.05, 3.63) is 77.9 Å². The molecule has 1 heterocycles. The fourth-order valence-corrected chi connectivity index (χ4v) is 3.70. The number of aliphatic imine (C=N–C) groups is 1.